The third kappa shape index (κ3) is 1.84. The fourth-order valence-electron chi connectivity index (χ4n) is 0.734. The van der Waals surface area contributed by atoms with Crippen molar-refractivity contribution in [3.63, 3.8) is 0 Å². The minimum Gasteiger partial charge on any atom is -0.207 e. The van der Waals surface area contributed by atoms with E-state index in [9.17, 15) is 17.6 Å². The summed E-state index contributed by atoms with van der Waals surface area (Å²) in [6.07, 6.45) is -2.44. The van der Waals surface area contributed by atoms with Crippen LogP contribution in [0.2, 0.25) is 0 Å². The number of hydrogen-bond donors (Lipinski definition) is 0. The number of rotatable bonds is 1. The lowest BCUT2D eigenvalue weighted by atomic mass is 10.2. The molecule has 0 saturated carbocycles. The molecule has 1 aromatic carbocycles. The van der Waals surface area contributed by atoms with Crippen molar-refractivity contribution in [1.82, 2.24) is 0 Å². The van der Waals surface area contributed by atoms with Gasteiger partial charge >= 0.3 is 6.08 Å². The number of halogens is 4. The molecule has 0 aliphatic heterocycles. The minimum absolute atomic E-state index is 0.449. The minimum atomic E-state index is -2.44. The van der Waals surface area contributed by atoms with Gasteiger partial charge in [-0.15, -0.1) is 0 Å². The van der Waals surface area contributed by atoms with Crippen LogP contribution in [0, 0.1) is 5.82 Å². The topological polar surface area (TPSA) is 0 Å². The molecule has 0 aromatic heterocycles. The molecule has 0 saturated heterocycles. The molecule has 0 bridgehead atoms. The highest BCUT2D eigenvalue weighted by Gasteiger charge is 2.08. The average Bonchev–Trinajstić information content (AvgIpc) is 2.03. The highest BCUT2D eigenvalue weighted by atomic mass is 19.3. The number of benzene rings is 1. The first-order valence-electron chi connectivity index (χ1n) is 3.08. The predicted octanol–water partition coefficient (Wildman–Crippen LogP) is 3.36. The number of hydrogen-bond acceptors (Lipinski definition) is 0. The van der Waals surface area contributed by atoms with E-state index >= 15 is 0 Å². The van der Waals surface area contributed by atoms with Gasteiger partial charge in [-0.05, 0) is 12.1 Å². The third-order valence-corrected chi connectivity index (χ3v) is 1.24. The Bertz CT molecular complexity index is 313. The van der Waals surface area contributed by atoms with E-state index < -0.39 is 23.3 Å². The van der Waals surface area contributed by atoms with Crippen LogP contribution in [0.1, 0.15) is 5.56 Å². The maximum atomic E-state index is 12.4. The molecule has 0 aliphatic carbocycles. The van der Waals surface area contributed by atoms with Gasteiger partial charge in [-0.2, -0.15) is 8.78 Å². The second-order valence-electron chi connectivity index (χ2n) is 2.08. The summed E-state index contributed by atoms with van der Waals surface area (Å²) in [5, 5.41) is 0. The lowest BCUT2D eigenvalue weighted by molar-refractivity contribution is 0.410. The Hall–Kier alpha value is -1.32. The van der Waals surface area contributed by atoms with E-state index in [2.05, 4.69) is 0 Å². The van der Waals surface area contributed by atoms with Crippen molar-refractivity contribution in [2.75, 3.05) is 0 Å². The van der Waals surface area contributed by atoms with E-state index in [1.165, 1.54) is 0 Å². The molecule has 0 nitrogen and oxygen atoms in total. The zero-order chi connectivity index (χ0) is 9.14. The molecule has 0 heterocycles. The first kappa shape index (κ1) is 8.77. The van der Waals surface area contributed by atoms with E-state index in [1.807, 2.05) is 0 Å². The largest absolute Gasteiger partial charge is 0.306 e. The van der Waals surface area contributed by atoms with Crippen LogP contribution in [0.4, 0.5) is 17.6 Å². The van der Waals surface area contributed by atoms with E-state index in [0.717, 1.165) is 18.2 Å². The Balaban J connectivity index is 3.13. The molecule has 0 atom stereocenters. The van der Waals surface area contributed by atoms with Crippen LogP contribution < -0.4 is 0 Å². The summed E-state index contributed by atoms with van der Waals surface area (Å²) in [7, 11) is 0. The van der Waals surface area contributed by atoms with Crippen LogP contribution in [0.5, 0.6) is 0 Å². The van der Waals surface area contributed by atoms with Gasteiger partial charge < -0.3 is 0 Å². The van der Waals surface area contributed by atoms with Crippen LogP contribution in [0.15, 0.2) is 30.3 Å². The second-order valence-corrected chi connectivity index (χ2v) is 2.08. The smallest absolute Gasteiger partial charge is 0.207 e. The van der Waals surface area contributed by atoms with Crippen molar-refractivity contribution >= 4 is 5.83 Å². The summed E-state index contributed by atoms with van der Waals surface area (Å²) >= 11 is 0. The summed E-state index contributed by atoms with van der Waals surface area (Å²) in [5.41, 5.74) is -0.449. The quantitative estimate of drug-likeness (QED) is 0.575. The molecule has 1 aromatic rings. The first-order chi connectivity index (χ1) is 5.61. The summed E-state index contributed by atoms with van der Waals surface area (Å²) in [5.74, 6) is -2.43. The molecule has 0 amide bonds. The molecule has 0 fully saturated rings. The van der Waals surface area contributed by atoms with Crippen molar-refractivity contribution in [1.29, 1.82) is 0 Å². The Morgan fingerprint density at radius 2 is 1.75 bits per heavy atom. The predicted molar refractivity (Wildman–Crippen MR) is 36.6 cm³/mol. The normalized spacial score (nSPS) is 9.67. The zero-order valence-electron chi connectivity index (χ0n) is 5.82. The van der Waals surface area contributed by atoms with Crippen LogP contribution in [-0.2, 0) is 0 Å². The fourth-order valence-corrected chi connectivity index (χ4v) is 0.734. The van der Waals surface area contributed by atoms with Crippen LogP contribution in [0.25, 0.3) is 5.83 Å². The van der Waals surface area contributed by atoms with Gasteiger partial charge in [0.05, 0.1) is 0 Å². The molecule has 0 N–H and O–H groups in total. The fraction of sp³-hybridized carbons (Fsp3) is 0. The van der Waals surface area contributed by atoms with Gasteiger partial charge in [0.1, 0.15) is 5.82 Å². The highest BCUT2D eigenvalue weighted by molar-refractivity contribution is 5.59. The zero-order valence-corrected chi connectivity index (χ0v) is 5.82. The summed E-state index contributed by atoms with van der Waals surface area (Å²) < 4.78 is 48.0. The highest BCUT2D eigenvalue weighted by Crippen LogP contribution is 2.22. The van der Waals surface area contributed by atoms with Crippen LogP contribution >= 0.6 is 0 Å². The van der Waals surface area contributed by atoms with Crippen molar-refractivity contribution in [2.45, 2.75) is 0 Å². The molecule has 1 rings (SSSR count). The van der Waals surface area contributed by atoms with Crippen LogP contribution in [0.3, 0.4) is 0 Å². The van der Waals surface area contributed by atoms with Crippen molar-refractivity contribution < 1.29 is 17.6 Å². The Morgan fingerprint density at radius 3 is 2.25 bits per heavy atom. The van der Waals surface area contributed by atoms with Gasteiger partial charge in [0.15, 0.2) is 5.83 Å². The van der Waals surface area contributed by atoms with E-state index in [0.29, 0.717) is 6.07 Å². The van der Waals surface area contributed by atoms with E-state index in [1.54, 1.807) is 0 Å². The summed E-state index contributed by atoms with van der Waals surface area (Å²) in [6.45, 7) is 0. The molecule has 0 aliphatic rings. The molecule has 0 spiro atoms. The summed E-state index contributed by atoms with van der Waals surface area (Å²) in [4.78, 5) is 0. The summed E-state index contributed by atoms with van der Waals surface area (Å²) in [6, 6.07) is 3.98. The third-order valence-electron chi connectivity index (χ3n) is 1.24. The molecule has 4 heteroatoms. The molecular formula is C8H4F4. The molecule has 0 unspecified atom stereocenters. The molecular weight excluding hydrogens is 172 g/mol. The van der Waals surface area contributed by atoms with Gasteiger partial charge in [-0.3, -0.25) is 0 Å². The van der Waals surface area contributed by atoms with Gasteiger partial charge in [-0.1, -0.05) is 12.1 Å². The Kier molecular flexibility index (Phi) is 2.47. The molecule has 12 heavy (non-hydrogen) atoms. The molecule has 0 radical (unpaired) electrons. The van der Waals surface area contributed by atoms with Crippen molar-refractivity contribution in [2.24, 2.45) is 0 Å². The van der Waals surface area contributed by atoms with Crippen molar-refractivity contribution in [3.05, 3.63) is 41.7 Å². The molecule has 64 valence electrons. The Morgan fingerprint density at radius 1 is 1.08 bits per heavy atom. The monoisotopic (exact) mass is 176 g/mol. The van der Waals surface area contributed by atoms with E-state index in [4.69, 9.17) is 0 Å². The SMILES string of the molecule is FC(F)=C(F)c1cccc(F)c1. The van der Waals surface area contributed by atoms with Gasteiger partial charge in [0, 0.05) is 5.56 Å². The van der Waals surface area contributed by atoms with E-state index in [-0.39, 0.29) is 0 Å². The maximum Gasteiger partial charge on any atom is 0.306 e. The maximum absolute atomic E-state index is 12.4. The lowest BCUT2D eigenvalue weighted by Gasteiger charge is -1.95. The Labute approximate surface area is 66.1 Å². The second kappa shape index (κ2) is 3.38. The van der Waals surface area contributed by atoms with Crippen LogP contribution in [-0.4, -0.2) is 0 Å². The first-order valence-corrected chi connectivity index (χ1v) is 3.08. The average molecular weight is 176 g/mol. The van der Waals surface area contributed by atoms with Gasteiger partial charge in [0.25, 0.3) is 0 Å². The van der Waals surface area contributed by atoms with Gasteiger partial charge in [0.2, 0.25) is 0 Å². The van der Waals surface area contributed by atoms with Gasteiger partial charge in [-0.25, -0.2) is 8.78 Å². The standard InChI is InChI=1S/C8H4F4/c9-6-3-1-2-5(4-6)7(10)8(11)12/h1-4H. The lowest BCUT2D eigenvalue weighted by Crippen LogP contribution is -1.81. The van der Waals surface area contributed by atoms with Crippen molar-refractivity contribution in [3.8, 4) is 0 Å².